The van der Waals surface area contributed by atoms with E-state index < -0.39 is 5.82 Å². The quantitative estimate of drug-likeness (QED) is 0.404. The van der Waals surface area contributed by atoms with Gasteiger partial charge in [-0.2, -0.15) is 0 Å². The maximum absolute atomic E-state index is 13.7. The molecule has 0 unspecified atom stereocenters. The summed E-state index contributed by atoms with van der Waals surface area (Å²) in [5.74, 6) is -0.223. The van der Waals surface area contributed by atoms with Gasteiger partial charge in [0, 0.05) is 25.6 Å². The van der Waals surface area contributed by atoms with Gasteiger partial charge >= 0.3 is 0 Å². The number of nitrogens with one attached hydrogen (secondary N) is 1. The van der Waals surface area contributed by atoms with Crippen molar-refractivity contribution in [3.63, 3.8) is 0 Å². The van der Waals surface area contributed by atoms with Crippen molar-refractivity contribution < 1.29 is 18.7 Å². The number of ether oxygens (including phenoxy) is 2. The molecule has 0 aliphatic carbocycles. The topological polar surface area (TPSA) is 65.4 Å². The molecule has 0 saturated carbocycles. The molecular formula is C22H24FN3O3S. The number of methoxy groups -OCH3 is 1. The number of aromatic nitrogens is 2. The zero-order valence-corrected chi connectivity index (χ0v) is 18.0. The van der Waals surface area contributed by atoms with Crippen LogP contribution in [0.25, 0.3) is 5.69 Å². The van der Waals surface area contributed by atoms with Gasteiger partial charge in [0.2, 0.25) is 5.91 Å². The van der Waals surface area contributed by atoms with Crippen LogP contribution in [0.1, 0.15) is 11.1 Å². The van der Waals surface area contributed by atoms with E-state index in [1.54, 1.807) is 13.3 Å². The van der Waals surface area contributed by atoms with E-state index in [1.165, 1.54) is 30.0 Å². The van der Waals surface area contributed by atoms with E-state index in [9.17, 15) is 9.18 Å². The van der Waals surface area contributed by atoms with Gasteiger partial charge in [0.15, 0.2) is 5.16 Å². The maximum atomic E-state index is 13.7. The summed E-state index contributed by atoms with van der Waals surface area (Å²) in [6.45, 7) is 4.76. The summed E-state index contributed by atoms with van der Waals surface area (Å²) >= 11 is 1.31. The minimum absolute atomic E-state index is 0.121. The van der Waals surface area contributed by atoms with E-state index in [2.05, 4.69) is 28.5 Å². The zero-order chi connectivity index (χ0) is 21.5. The number of hydrogen-bond acceptors (Lipinski definition) is 5. The second kappa shape index (κ2) is 10.3. The van der Waals surface area contributed by atoms with Crippen molar-refractivity contribution in [2.75, 3.05) is 31.4 Å². The van der Waals surface area contributed by atoms with Crippen LogP contribution in [-0.4, -0.2) is 41.5 Å². The first-order valence-electron chi connectivity index (χ1n) is 9.43. The Morgan fingerprint density at radius 2 is 2.03 bits per heavy atom. The largest absolute Gasteiger partial charge is 0.489 e. The van der Waals surface area contributed by atoms with E-state index >= 15 is 0 Å². The molecule has 2 aromatic carbocycles. The van der Waals surface area contributed by atoms with Crippen LogP contribution in [0.15, 0.2) is 53.9 Å². The number of benzene rings is 2. The summed E-state index contributed by atoms with van der Waals surface area (Å²) in [6, 6.07) is 10.2. The molecule has 0 bridgehead atoms. The van der Waals surface area contributed by atoms with Crippen LogP contribution in [0.4, 0.5) is 10.1 Å². The predicted octanol–water partition coefficient (Wildman–Crippen LogP) is 4.38. The van der Waals surface area contributed by atoms with E-state index in [-0.39, 0.29) is 17.3 Å². The van der Waals surface area contributed by atoms with Crippen LogP contribution in [0.3, 0.4) is 0 Å². The van der Waals surface area contributed by atoms with Crippen molar-refractivity contribution in [2.45, 2.75) is 19.0 Å². The lowest BCUT2D eigenvalue weighted by atomic mass is 10.1. The van der Waals surface area contributed by atoms with Crippen LogP contribution in [-0.2, 0) is 9.53 Å². The molecule has 0 atom stereocenters. The Kier molecular flexibility index (Phi) is 7.48. The van der Waals surface area contributed by atoms with Gasteiger partial charge in [0.25, 0.3) is 0 Å². The molecule has 1 aromatic heterocycles. The normalized spacial score (nSPS) is 10.8. The van der Waals surface area contributed by atoms with Crippen LogP contribution in [0.2, 0.25) is 0 Å². The number of halogens is 1. The number of amides is 1. The molecular weight excluding hydrogens is 405 g/mol. The van der Waals surface area contributed by atoms with Crippen molar-refractivity contribution in [3.8, 4) is 11.4 Å². The fourth-order valence-corrected chi connectivity index (χ4v) is 3.60. The molecule has 3 rings (SSSR count). The lowest BCUT2D eigenvalue weighted by Crippen LogP contribution is -2.16. The monoisotopic (exact) mass is 429 g/mol. The number of anilines is 1. The smallest absolute Gasteiger partial charge is 0.234 e. The van der Waals surface area contributed by atoms with Gasteiger partial charge in [-0.3, -0.25) is 9.36 Å². The molecule has 1 heterocycles. The molecule has 8 heteroatoms. The van der Waals surface area contributed by atoms with Gasteiger partial charge in [-0.1, -0.05) is 23.9 Å². The van der Waals surface area contributed by atoms with E-state index in [4.69, 9.17) is 9.47 Å². The molecule has 1 amide bonds. The number of carbonyl (C=O) groups is 1. The molecule has 0 saturated heterocycles. The summed E-state index contributed by atoms with van der Waals surface area (Å²) < 4.78 is 26.1. The summed E-state index contributed by atoms with van der Waals surface area (Å²) in [7, 11) is 1.57. The molecule has 30 heavy (non-hydrogen) atoms. The number of aryl methyl sites for hydroxylation is 2. The lowest BCUT2D eigenvalue weighted by molar-refractivity contribution is -0.113. The number of imidazole rings is 1. The third-order valence-corrected chi connectivity index (χ3v) is 5.29. The molecule has 0 radical (unpaired) electrons. The summed E-state index contributed by atoms with van der Waals surface area (Å²) in [6.07, 6.45) is 3.58. The summed E-state index contributed by atoms with van der Waals surface area (Å²) in [5, 5.41) is 3.42. The SMILES string of the molecule is COCCOc1ccc(F)cc1NC(=O)CSc1nccn1-c1cc(C)ccc1C. The van der Waals surface area contributed by atoms with Gasteiger partial charge in [-0.05, 0) is 43.2 Å². The Hall–Kier alpha value is -2.84. The first-order chi connectivity index (χ1) is 14.5. The molecule has 158 valence electrons. The Morgan fingerprint density at radius 3 is 2.83 bits per heavy atom. The number of nitrogens with zero attached hydrogens (tertiary/aromatic N) is 2. The minimum atomic E-state index is -0.456. The van der Waals surface area contributed by atoms with E-state index in [0.717, 1.165) is 16.8 Å². The fraction of sp³-hybridized carbons (Fsp3) is 0.273. The molecule has 1 N–H and O–H groups in total. The lowest BCUT2D eigenvalue weighted by Gasteiger charge is -2.13. The van der Waals surface area contributed by atoms with E-state index in [1.807, 2.05) is 24.6 Å². The number of rotatable bonds is 9. The molecule has 3 aromatic rings. The van der Waals surface area contributed by atoms with Crippen molar-refractivity contribution in [3.05, 3.63) is 65.7 Å². The number of thioether (sulfide) groups is 1. The first kappa shape index (κ1) is 21.9. The zero-order valence-electron chi connectivity index (χ0n) is 17.1. The Balaban J connectivity index is 1.67. The highest BCUT2D eigenvalue weighted by atomic mass is 32.2. The van der Waals surface area contributed by atoms with Gasteiger partial charge in [0.05, 0.1) is 23.7 Å². The fourth-order valence-electron chi connectivity index (χ4n) is 2.84. The van der Waals surface area contributed by atoms with Crippen molar-refractivity contribution in [1.82, 2.24) is 9.55 Å². The molecule has 0 aliphatic heterocycles. The van der Waals surface area contributed by atoms with Gasteiger partial charge < -0.3 is 14.8 Å². The number of carbonyl (C=O) groups excluding carboxylic acids is 1. The molecule has 6 nitrogen and oxygen atoms in total. The maximum Gasteiger partial charge on any atom is 0.234 e. The first-order valence-corrected chi connectivity index (χ1v) is 10.4. The Morgan fingerprint density at radius 1 is 1.20 bits per heavy atom. The van der Waals surface area contributed by atoms with Gasteiger partial charge in [-0.25, -0.2) is 9.37 Å². The highest BCUT2D eigenvalue weighted by molar-refractivity contribution is 7.99. The average molecular weight is 430 g/mol. The van der Waals surface area contributed by atoms with Gasteiger partial charge in [-0.15, -0.1) is 0 Å². The molecule has 0 aliphatic rings. The molecule has 0 fully saturated rings. The second-order valence-corrected chi connectivity index (χ2v) is 7.63. The summed E-state index contributed by atoms with van der Waals surface area (Å²) in [4.78, 5) is 16.9. The average Bonchev–Trinajstić information content (AvgIpc) is 3.18. The predicted molar refractivity (Wildman–Crippen MR) is 116 cm³/mol. The van der Waals surface area contributed by atoms with Crippen LogP contribution < -0.4 is 10.1 Å². The number of hydrogen-bond donors (Lipinski definition) is 1. The minimum Gasteiger partial charge on any atom is -0.489 e. The van der Waals surface area contributed by atoms with Crippen molar-refractivity contribution >= 4 is 23.4 Å². The Labute approximate surface area is 179 Å². The van der Waals surface area contributed by atoms with Gasteiger partial charge in [0.1, 0.15) is 18.2 Å². The van der Waals surface area contributed by atoms with Crippen molar-refractivity contribution in [1.29, 1.82) is 0 Å². The Bertz CT molecular complexity index is 1020. The molecule has 0 spiro atoms. The highest BCUT2D eigenvalue weighted by Crippen LogP contribution is 2.27. The van der Waals surface area contributed by atoms with Crippen LogP contribution >= 0.6 is 11.8 Å². The van der Waals surface area contributed by atoms with Crippen LogP contribution in [0.5, 0.6) is 5.75 Å². The third-order valence-electron chi connectivity index (χ3n) is 4.32. The van der Waals surface area contributed by atoms with Crippen LogP contribution in [0, 0.1) is 19.7 Å². The highest BCUT2D eigenvalue weighted by Gasteiger charge is 2.13. The van der Waals surface area contributed by atoms with E-state index in [0.29, 0.717) is 24.1 Å². The second-order valence-electron chi connectivity index (χ2n) is 6.69. The standard InChI is InChI=1S/C22H24FN3O3S/c1-15-4-5-16(2)19(12-15)26-9-8-24-22(26)30-14-21(27)25-18-13-17(23)6-7-20(18)29-11-10-28-3/h4-9,12-13H,10-11,14H2,1-3H3,(H,25,27). The van der Waals surface area contributed by atoms with Crippen molar-refractivity contribution in [2.24, 2.45) is 0 Å². The third kappa shape index (κ3) is 5.61. The summed E-state index contributed by atoms with van der Waals surface area (Å²) in [5.41, 5.74) is 3.57.